The molecule has 0 atom stereocenters. The molecule has 32 heavy (non-hydrogen) atoms. The van der Waals surface area contributed by atoms with Crippen LogP contribution in [0, 0.1) is 30.9 Å². The number of ether oxygens (including phenoxy) is 1. The van der Waals surface area contributed by atoms with Crippen molar-refractivity contribution in [3.05, 3.63) is 72.5 Å². The van der Waals surface area contributed by atoms with E-state index in [0.717, 1.165) is 40.6 Å². The standard InChI is InChI=1S/C21H20N4O6S/c1-11-5-13(3)15(6-12(11)2)16-10-32-21(22-16)23-18(26)9-24-8-14(20(28)31-4)7-17(19(24)27)25(29)30/h5-8,10H,9H2,1-4H3,(H,22,23,26). The molecular weight excluding hydrogens is 436 g/mol. The maximum absolute atomic E-state index is 12.5. The summed E-state index contributed by atoms with van der Waals surface area (Å²) in [5.74, 6) is -1.49. The first-order valence-corrected chi connectivity index (χ1v) is 10.3. The molecule has 0 radical (unpaired) electrons. The molecule has 2 aromatic heterocycles. The fourth-order valence-electron chi connectivity index (χ4n) is 3.10. The number of amides is 1. The van der Waals surface area contributed by atoms with Crippen molar-refractivity contribution in [1.29, 1.82) is 0 Å². The van der Waals surface area contributed by atoms with E-state index in [-0.39, 0.29) is 5.56 Å². The van der Waals surface area contributed by atoms with Crippen LogP contribution in [-0.2, 0) is 16.1 Å². The third-order valence-electron chi connectivity index (χ3n) is 4.87. The highest BCUT2D eigenvalue weighted by Gasteiger charge is 2.21. The second-order valence-electron chi connectivity index (χ2n) is 7.13. The number of nitrogens with one attached hydrogen (secondary N) is 1. The number of hydrogen-bond donors (Lipinski definition) is 1. The summed E-state index contributed by atoms with van der Waals surface area (Å²) in [7, 11) is 1.10. The van der Waals surface area contributed by atoms with Gasteiger partial charge < -0.3 is 10.1 Å². The Morgan fingerprint density at radius 2 is 1.88 bits per heavy atom. The zero-order valence-electron chi connectivity index (χ0n) is 17.8. The Hall–Kier alpha value is -3.86. The van der Waals surface area contributed by atoms with E-state index in [9.17, 15) is 24.5 Å². The number of esters is 1. The highest BCUT2D eigenvalue weighted by atomic mass is 32.1. The molecule has 2 heterocycles. The molecular formula is C21H20N4O6S. The van der Waals surface area contributed by atoms with Crippen LogP contribution in [0.2, 0.25) is 0 Å². The summed E-state index contributed by atoms with van der Waals surface area (Å²) in [6.07, 6.45) is 1.05. The monoisotopic (exact) mass is 456 g/mol. The van der Waals surface area contributed by atoms with Crippen molar-refractivity contribution in [3.8, 4) is 11.3 Å². The van der Waals surface area contributed by atoms with Crippen molar-refractivity contribution in [1.82, 2.24) is 9.55 Å². The summed E-state index contributed by atoms with van der Waals surface area (Å²) in [5.41, 5.74) is 2.93. The molecule has 3 rings (SSSR count). The van der Waals surface area contributed by atoms with Crippen molar-refractivity contribution >= 4 is 34.0 Å². The number of benzene rings is 1. The summed E-state index contributed by atoms with van der Waals surface area (Å²) in [4.78, 5) is 51.3. The molecule has 0 saturated heterocycles. The molecule has 0 saturated carbocycles. The van der Waals surface area contributed by atoms with Crippen molar-refractivity contribution in [3.63, 3.8) is 0 Å². The van der Waals surface area contributed by atoms with E-state index in [2.05, 4.69) is 21.1 Å². The van der Waals surface area contributed by atoms with Gasteiger partial charge in [0.25, 0.3) is 0 Å². The molecule has 1 N–H and O–H groups in total. The van der Waals surface area contributed by atoms with E-state index in [0.29, 0.717) is 10.8 Å². The summed E-state index contributed by atoms with van der Waals surface area (Å²) in [6, 6.07) is 4.92. The number of pyridine rings is 1. The van der Waals surface area contributed by atoms with Crippen LogP contribution in [0.4, 0.5) is 10.8 Å². The van der Waals surface area contributed by atoms with Gasteiger partial charge in [0, 0.05) is 23.2 Å². The third-order valence-corrected chi connectivity index (χ3v) is 5.62. The number of aryl methyl sites for hydroxylation is 3. The van der Waals surface area contributed by atoms with Crippen LogP contribution < -0.4 is 10.9 Å². The molecule has 0 spiro atoms. The van der Waals surface area contributed by atoms with Crippen LogP contribution in [0.25, 0.3) is 11.3 Å². The topological polar surface area (TPSA) is 133 Å². The molecule has 0 aliphatic heterocycles. The minimum Gasteiger partial charge on any atom is -0.465 e. The van der Waals surface area contributed by atoms with E-state index in [4.69, 9.17) is 0 Å². The number of methoxy groups -OCH3 is 1. The van der Waals surface area contributed by atoms with E-state index in [1.54, 1.807) is 0 Å². The van der Waals surface area contributed by atoms with Crippen molar-refractivity contribution in [2.24, 2.45) is 0 Å². The molecule has 166 valence electrons. The van der Waals surface area contributed by atoms with Gasteiger partial charge in [-0.2, -0.15) is 0 Å². The summed E-state index contributed by atoms with van der Waals surface area (Å²) in [6.45, 7) is 5.47. The van der Waals surface area contributed by atoms with Gasteiger partial charge in [-0.3, -0.25) is 24.3 Å². The first-order chi connectivity index (χ1) is 15.1. The summed E-state index contributed by atoms with van der Waals surface area (Å²) in [5, 5.41) is 15.9. The Bertz CT molecular complexity index is 1290. The first-order valence-electron chi connectivity index (χ1n) is 9.41. The zero-order valence-corrected chi connectivity index (χ0v) is 18.6. The quantitative estimate of drug-likeness (QED) is 0.342. The molecule has 0 bridgehead atoms. The van der Waals surface area contributed by atoms with Crippen LogP contribution in [-0.4, -0.2) is 33.5 Å². The highest BCUT2D eigenvalue weighted by molar-refractivity contribution is 7.14. The Morgan fingerprint density at radius 1 is 1.19 bits per heavy atom. The molecule has 0 fully saturated rings. The second kappa shape index (κ2) is 9.10. The normalized spacial score (nSPS) is 10.6. The number of rotatable bonds is 6. The second-order valence-corrected chi connectivity index (χ2v) is 7.99. The third kappa shape index (κ3) is 4.72. The van der Waals surface area contributed by atoms with Crippen molar-refractivity contribution < 1.29 is 19.2 Å². The maximum Gasteiger partial charge on any atom is 0.339 e. The number of thiazole rings is 1. The first kappa shape index (κ1) is 22.8. The van der Waals surface area contributed by atoms with Crippen molar-refractivity contribution in [2.45, 2.75) is 27.3 Å². The Balaban J connectivity index is 1.83. The minimum atomic E-state index is -1.01. The van der Waals surface area contributed by atoms with E-state index in [1.165, 1.54) is 16.9 Å². The summed E-state index contributed by atoms with van der Waals surface area (Å²) < 4.78 is 5.34. The molecule has 0 unspecified atom stereocenters. The van der Waals surface area contributed by atoms with E-state index < -0.39 is 34.6 Å². The average molecular weight is 456 g/mol. The van der Waals surface area contributed by atoms with Crippen LogP contribution in [0.15, 0.2) is 34.6 Å². The number of aromatic nitrogens is 2. The van der Waals surface area contributed by atoms with Gasteiger partial charge in [0.1, 0.15) is 6.54 Å². The fourth-order valence-corrected chi connectivity index (χ4v) is 3.83. The number of nitro groups is 1. The summed E-state index contributed by atoms with van der Waals surface area (Å²) >= 11 is 1.21. The zero-order chi connectivity index (χ0) is 23.6. The van der Waals surface area contributed by atoms with Gasteiger partial charge in [-0.25, -0.2) is 9.78 Å². The van der Waals surface area contributed by atoms with E-state index >= 15 is 0 Å². The average Bonchev–Trinajstić information content (AvgIpc) is 3.19. The number of anilines is 1. The SMILES string of the molecule is COC(=O)c1cc([N+](=O)[O-])c(=O)n(CC(=O)Nc2nc(-c3cc(C)c(C)cc3C)cs2)c1. The minimum absolute atomic E-state index is 0.214. The fraction of sp³-hybridized carbons (Fsp3) is 0.238. The van der Waals surface area contributed by atoms with Gasteiger partial charge >= 0.3 is 17.2 Å². The number of hydrogen-bond acceptors (Lipinski definition) is 8. The van der Waals surface area contributed by atoms with Gasteiger partial charge in [0.2, 0.25) is 5.91 Å². The number of carbonyl (C=O) groups excluding carboxylic acids is 2. The Kier molecular flexibility index (Phi) is 6.49. The van der Waals surface area contributed by atoms with Crippen molar-refractivity contribution in [2.75, 3.05) is 12.4 Å². The maximum atomic E-state index is 12.5. The molecule has 1 aromatic carbocycles. The lowest BCUT2D eigenvalue weighted by Gasteiger charge is -2.08. The van der Waals surface area contributed by atoms with Gasteiger partial charge in [0.15, 0.2) is 5.13 Å². The lowest BCUT2D eigenvalue weighted by atomic mass is 9.99. The molecule has 1 amide bonds. The van der Waals surface area contributed by atoms with Crippen LogP contribution in [0.1, 0.15) is 27.0 Å². The highest BCUT2D eigenvalue weighted by Crippen LogP contribution is 2.29. The Labute approximate surface area is 186 Å². The predicted octanol–water partition coefficient (Wildman–Crippen LogP) is 3.23. The smallest absolute Gasteiger partial charge is 0.339 e. The molecule has 3 aromatic rings. The van der Waals surface area contributed by atoms with Crippen LogP contribution in [0.5, 0.6) is 0 Å². The van der Waals surface area contributed by atoms with Crippen LogP contribution >= 0.6 is 11.3 Å². The molecule has 10 nitrogen and oxygen atoms in total. The van der Waals surface area contributed by atoms with Gasteiger partial charge in [-0.05, 0) is 43.5 Å². The Morgan fingerprint density at radius 3 is 2.53 bits per heavy atom. The molecule has 0 aliphatic carbocycles. The number of carbonyl (C=O) groups is 2. The molecule has 0 aliphatic rings. The lowest BCUT2D eigenvalue weighted by molar-refractivity contribution is -0.386. The lowest BCUT2D eigenvalue weighted by Crippen LogP contribution is -2.29. The van der Waals surface area contributed by atoms with Gasteiger partial charge in [-0.1, -0.05) is 6.07 Å². The van der Waals surface area contributed by atoms with Gasteiger partial charge in [-0.15, -0.1) is 11.3 Å². The van der Waals surface area contributed by atoms with Gasteiger partial charge in [0.05, 0.1) is 23.3 Å². The van der Waals surface area contributed by atoms with E-state index in [1.807, 2.05) is 32.2 Å². The van der Waals surface area contributed by atoms with Crippen LogP contribution in [0.3, 0.4) is 0 Å². The largest absolute Gasteiger partial charge is 0.465 e. The molecule has 11 heteroatoms. The number of nitrogens with zero attached hydrogens (tertiary/aromatic N) is 3. The predicted molar refractivity (Wildman–Crippen MR) is 119 cm³/mol.